The number of carbonyl (C=O) groups excluding carboxylic acids is 1. The van der Waals surface area contributed by atoms with Crippen LogP contribution in [0, 0.1) is 0 Å². The van der Waals surface area contributed by atoms with Crippen molar-refractivity contribution in [1.82, 2.24) is 0 Å². The highest BCUT2D eigenvalue weighted by atomic mass is 32.2. The Bertz CT molecular complexity index is 261. The Hall–Kier alpha value is -0.640. The second-order valence-electron chi connectivity index (χ2n) is 2.45. The number of hydrogen-bond acceptors (Lipinski definition) is 3. The van der Waals surface area contributed by atoms with Gasteiger partial charge >= 0.3 is 0 Å². The molecule has 0 spiro atoms. The van der Waals surface area contributed by atoms with Crippen LogP contribution in [0.3, 0.4) is 0 Å². The van der Waals surface area contributed by atoms with Crippen molar-refractivity contribution in [2.75, 3.05) is 12.0 Å². The number of Topliss-reactive ketones (excluding diaryl/α,β-unsaturated/α-hetero) is 1. The van der Waals surface area contributed by atoms with Gasteiger partial charge in [0.15, 0.2) is 15.6 Å². The smallest absolute Gasteiger partial charge is 0.159 e. The fourth-order valence-electron chi connectivity index (χ4n) is 0.647. The third kappa shape index (κ3) is 4.72. The molecule has 64 valence electrons. The van der Waals surface area contributed by atoms with Crippen LogP contribution in [0.25, 0.3) is 0 Å². The summed E-state index contributed by atoms with van der Waals surface area (Å²) in [5.74, 6) is -0.407. The summed E-state index contributed by atoms with van der Waals surface area (Å²) in [6.07, 6.45) is 1.40. The lowest BCUT2D eigenvalue weighted by Gasteiger charge is -1.99. The molecule has 0 aromatic heterocycles. The summed E-state index contributed by atoms with van der Waals surface area (Å²) in [7, 11) is -3.10. The van der Waals surface area contributed by atoms with E-state index >= 15 is 0 Å². The van der Waals surface area contributed by atoms with Gasteiger partial charge in [0.1, 0.15) is 0 Å². The van der Waals surface area contributed by atoms with E-state index in [1.165, 1.54) is 0 Å². The monoisotopic (exact) mass is 176 g/mol. The predicted octanol–water partition coefficient (Wildman–Crippen LogP) is 0.566. The van der Waals surface area contributed by atoms with E-state index in [-0.39, 0.29) is 17.1 Å². The third-order valence-electron chi connectivity index (χ3n) is 1.15. The van der Waals surface area contributed by atoms with Crippen molar-refractivity contribution < 1.29 is 13.2 Å². The quantitative estimate of drug-likeness (QED) is 0.588. The van der Waals surface area contributed by atoms with Crippen LogP contribution < -0.4 is 0 Å². The average Bonchev–Trinajstić information content (AvgIpc) is 1.82. The number of rotatable bonds is 4. The Balaban J connectivity index is 4.22. The molecule has 0 saturated heterocycles. The standard InChI is InChI=1S/C7H12O3S/c1-4-7(8)6(2)5-11(3,9)10/h2,4-5H2,1,3H3. The largest absolute Gasteiger partial charge is 0.295 e. The minimum Gasteiger partial charge on any atom is -0.295 e. The van der Waals surface area contributed by atoms with Gasteiger partial charge in [0.2, 0.25) is 0 Å². The first-order valence-corrected chi connectivity index (χ1v) is 5.31. The Morgan fingerprint density at radius 1 is 1.45 bits per heavy atom. The van der Waals surface area contributed by atoms with Crippen LogP contribution in [0.1, 0.15) is 13.3 Å². The van der Waals surface area contributed by atoms with Gasteiger partial charge in [-0.15, -0.1) is 0 Å². The summed E-state index contributed by atoms with van der Waals surface area (Å²) >= 11 is 0. The molecule has 0 aromatic carbocycles. The maximum absolute atomic E-state index is 10.8. The fraction of sp³-hybridized carbons (Fsp3) is 0.571. The second-order valence-corrected chi connectivity index (χ2v) is 4.59. The summed E-state index contributed by atoms with van der Waals surface area (Å²) in [5.41, 5.74) is 0.176. The van der Waals surface area contributed by atoms with Gasteiger partial charge in [-0.2, -0.15) is 0 Å². The molecular weight excluding hydrogens is 164 g/mol. The molecule has 3 nitrogen and oxygen atoms in total. The fourth-order valence-corrected chi connectivity index (χ4v) is 1.44. The highest BCUT2D eigenvalue weighted by Crippen LogP contribution is 2.00. The summed E-state index contributed by atoms with van der Waals surface area (Å²) in [6, 6.07) is 0. The lowest BCUT2D eigenvalue weighted by atomic mass is 10.2. The first-order valence-electron chi connectivity index (χ1n) is 3.25. The van der Waals surface area contributed by atoms with Crippen LogP contribution in [0.5, 0.6) is 0 Å². The lowest BCUT2D eigenvalue weighted by molar-refractivity contribution is -0.115. The Kier molecular flexibility index (Phi) is 3.45. The minimum atomic E-state index is -3.10. The summed E-state index contributed by atoms with van der Waals surface area (Å²) < 4.78 is 21.3. The van der Waals surface area contributed by atoms with E-state index in [0.717, 1.165) is 6.26 Å². The van der Waals surface area contributed by atoms with Gasteiger partial charge in [-0.1, -0.05) is 13.5 Å². The van der Waals surface area contributed by atoms with E-state index in [4.69, 9.17) is 0 Å². The highest BCUT2D eigenvalue weighted by Gasteiger charge is 2.10. The first kappa shape index (κ1) is 10.4. The Morgan fingerprint density at radius 2 is 1.91 bits per heavy atom. The summed E-state index contributed by atoms with van der Waals surface area (Å²) in [4.78, 5) is 10.8. The molecule has 0 bridgehead atoms. The van der Waals surface area contributed by atoms with Crippen LogP contribution in [0.4, 0.5) is 0 Å². The SMILES string of the molecule is C=C(CS(C)(=O)=O)C(=O)CC. The molecule has 0 amide bonds. The van der Waals surface area contributed by atoms with Gasteiger partial charge in [-0.3, -0.25) is 4.79 Å². The zero-order chi connectivity index (χ0) is 9.07. The third-order valence-corrected chi connectivity index (χ3v) is 2.02. The number of carbonyl (C=O) groups is 1. The molecule has 0 rings (SSSR count). The molecule has 4 heteroatoms. The van der Waals surface area contributed by atoms with Gasteiger partial charge in [-0.25, -0.2) is 8.42 Å². The van der Waals surface area contributed by atoms with Gasteiger partial charge < -0.3 is 0 Å². The molecule has 0 saturated carbocycles. The first-order chi connectivity index (χ1) is 4.87. The van der Waals surface area contributed by atoms with Crippen LogP contribution in [0.2, 0.25) is 0 Å². The van der Waals surface area contributed by atoms with E-state index in [1.807, 2.05) is 0 Å². The van der Waals surface area contributed by atoms with Crippen molar-refractivity contribution in [3.8, 4) is 0 Å². The predicted molar refractivity (Wildman–Crippen MR) is 44.1 cm³/mol. The van der Waals surface area contributed by atoms with Gasteiger partial charge in [0.25, 0.3) is 0 Å². The molecular formula is C7H12O3S. The molecule has 0 aromatic rings. The molecule has 0 aliphatic heterocycles. The topological polar surface area (TPSA) is 51.2 Å². The van der Waals surface area contributed by atoms with Crippen molar-refractivity contribution in [1.29, 1.82) is 0 Å². The highest BCUT2D eigenvalue weighted by molar-refractivity contribution is 7.90. The molecule has 0 radical (unpaired) electrons. The van der Waals surface area contributed by atoms with Crippen LogP contribution in [-0.2, 0) is 14.6 Å². The molecule has 0 unspecified atom stereocenters. The summed E-state index contributed by atoms with van der Waals surface area (Å²) in [5, 5.41) is 0. The Labute approximate surface area is 67.0 Å². The minimum absolute atomic E-state index is 0.176. The maximum atomic E-state index is 10.8. The van der Waals surface area contributed by atoms with E-state index in [0.29, 0.717) is 6.42 Å². The van der Waals surface area contributed by atoms with E-state index in [1.54, 1.807) is 6.92 Å². The van der Waals surface area contributed by atoms with Crippen molar-refractivity contribution in [2.45, 2.75) is 13.3 Å². The van der Waals surface area contributed by atoms with Crippen molar-refractivity contribution >= 4 is 15.6 Å². The van der Waals surface area contributed by atoms with E-state index in [2.05, 4.69) is 6.58 Å². The van der Waals surface area contributed by atoms with Gasteiger partial charge in [0, 0.05) is 18.2 Å². The zero-order valence-electron chi connectivity index (χ0n) is 6.75. The van der Waals surface area contributed by atoms with Crippen molar-refractivity contribution in [3.63, 3.8) is 0 Å². The average molecular weight is 176 g/mol. The van der Waals surface area contributed by atoms with Gasteiger partial charge in [0.05, 0.1) is 5.75 Å². The number of hydrogen-bond donors (Lipinski definition) is 0. The normalized spacial score (nSPS) is 11.1. The Morgan fingerprint density at radius 3 is 2.18 bits per heavy atom. The molecule has 11 heavy (non-hydrogen) atoms. The number of sulfone groups is 1. The molecule has 0 N–H and O–H groups in total. The maximum Gasteiger partial charge on any atom is 0.159 e. The van der Waals surface area contributed by atoms with E-state index < -0.39 is 9.84 Å². The molecule has 0 aliphatic carbocycles. The number of ketones is 1. The van der Waals surface area contributed by atoms with E-state index in [9.17, 15) is 13.2 Å². The molecule has 0 heterocycles. The van der Waals surface area contributed by atoms with Crippen LogP contribution in [0.15, 0.2) is 12.2 Å². The van der Waals surface area contributed by atoms with Crippen LogP contribution >= 0.6 is 0 Å². The van der Waals surface area contributed by atoms with Gasteiger partial charge in [-0.05, 0) is 0 Å². The second kappa shape index (κ2) is 3.67. The lowest BCUT2D eigenvalue weighted by Crippen LogP contribution is -2.11. The van der Waals surface area contributed by atoms with Crippen LogP contribution in [-0.4, -0.2) is 26.2 Å². The molecule has 0 aliphatic rings. The summed E-state index contributed by atoms with van der Waals surface area (Å²) in [6.45, 7) is 5.06. The van der Waals surface area contributed by atoms with Crippen molar-refractivity contribution in [2.24, 2.45) is 0 Å². The molecule has 0 fully saturated rings. The molecule has 0 atom stereocenters. The zero-order valence-corrected chi connectivity index (χ0v) is 7.57. The van der Waals surface area contributed by atoms with Crippen molar-refractivity contribution in [3.05, 3.63) is 12.2 Å².